The van der Waals surface area contributed by atoms with E-state index in [9.17, 15) is 4.21 Å². The van der Waals surface area contributed by atoms with Gasteiger partial charge in [0.25, 0.3) is 0 Å². The van der Waals surface area contributed by atoms with E-state index in [2.05, 4.69) is 0 Å². The van der Waals surface area contributed by atoms with Crippen molar-refractivity contribution in [2.45, 2.75) is 12.8 Å². The van der Waals surface area contributed by atoms with Crippen LogP contribution in [0.25, 0.3) is 0 Å². The highest BCUT2D eigenvalue weighted by atomic mass is 32.2. The van der Waals surface area contributed by atoms with Gasteiger partial charge in [0.15, 0.2) is 0 Å². The van der Waals surface area contributed by atoms with E-state index >= 15 is 0 Å². The lowest BCUT2D eigenvalue weighted by molar-refractivity contribution is 0.682. The van der Waals surface area contributed by atoms with Crippen LogP contribution >= 0.6 is 0 Å². The van der Waals surface area contributed by atoms with Crippen molar-refractivity contribution in [1.29, 1.82) is 0 Å². The number of allylic oxidation sites excluding steroid dienone is 2. The van der Waals surface area contributed by atoms with Crippen LogP contribution in [0.1, 0.15) is 12.8 Å². The predicted octanol–water partition coefficient (Wildman–Crippen LogP) is 0.371. The molecule has 0 aromatic heterocycles. The van der Waals surface area contributed by atoms with E-state index < -0.39 is 10.8 Å². The molecule has 1 unspecified atom stereocenters. The fourth-order valence-electron chi connectivity index (χ4n) is 0.707. The Morgan fingerprint density at radius 1 is 1.78 bits per heavy atom. The zero-order chi connectivity index (χ0) is 6.69. The molecule has 1 atom stereocenters. The minimum absolute atomic E-state index is 0.532. The summed E-state index contributed by atoms with van der Waals surface area (Å²) < 4.78 is 11.0. The Kier molecular flexibility index (Phi) is 2.42. The lowest BCUT2D eigenvalue weighted by Crippen LogP contribution is -2.13. The van der Waals surface area contributed by atoms with Crippen LogP contribution in [0.15, 0.2) is 11.0 Å². The van der Waals surface area contributed by atoms with E-state index in [0.29, 0.717) is 12.3 Å². The van der Waals surface area contributed by atoms with E-state index in [1.807, 2.05) is 6.08 Å². The Morgan fingerprint density at radius 2 is 2.44 bits per heavy atom. The van der Waals surface area contributed by atoms with Gasteiger partial charge in [-0.05, 0) is 12.8 Å². The molecule has 1 aliphatic rings. The molecule has 0 saturated carbocycles. The molecule has 0 saturated heterocycles. The smallest absolute Gasteiger partial charge is 0.0497 e. The maximum absolute atomic E-state index is 11.0. The first-order valence-corrected chi connectivity index (χ1v) is 4.44. The summed E-state index contributed by atoms with van der Waals surface area (Å²) in [4.78, 5) is 1.10. The SMILES string of the molecule is NCCS(=O)C1=CCC1. The van der Waals surface area contributed by atoms with Crippen molar-refractivity contribution in [3.8, 4) is 0 Å². The Balaban J connectivity index is 2.33. The molecular weight excluding hydrogens is 134 g/mol. The van der Waals surface area contributed by atoms with Crippen molar-refractivity contribution in [3.63, 3.8) is 0 Å². The van der Waals surface area contributed by atoms with Crippen LogP contribution in [0.2, 0.25) is 0 Å². The van der Waals surface area contributed by atoms with Gasteiger partial charge >= 0.3 is 0 Å². The highest BCUT2D eigenvalue weighted by Crippen LogP contribution is 2.20. The van der Waals surface area contributed by atoms with Crippen LogP contribution < -0.4 is 5.73 Å². The van der Waals surface area contributed by atoms with Gasteiger partial charge in [0, 0.05) is 28.0 Å². The van der Waals surface area contributed by atoms with Crippen LogP contribution in [-0.2, 0) is 10.8 Å². The maximum atomic E-state index is 11.0. The summed E-state index contributed by atoms with van der Waals surface area (Å²) in [5.74, 6) is 0.631. The first-order valence-electron chi connectivity index (χ1n) is 3.12. The molecular formula is C6H11NOS. The normalized spacial score (nSPS) is 20.3. The summed E-state index contributed by atoms with van der Waals surface area (Å²) in [5.41, 5.74) is 5.23. The summed E-state index contributed by atoms with van der Waals surface area (Å²) in [6.45, 7) is 0.532. The molecule has 0 aromatic carbocycles. The number of hydrogen-bond acceptors (Lipinski definition) is 2. The Hall–Kier alpha value is -0.150. The number of rotatable bonds is 3. The van der Waals surface area contributed by atoms with Crippen molar-refractivity contribution in [2.24, 2.45) is 5.73 Å². The van der Waals surface area contributed by atoms with Crippen LogP contribution in [0.3, 0.4) is 0 Å². The monoisotopic (exact) mass is 145 g/mol. The molecule has 0 aliphatic heterocycles. The third-order valence-electron chi connectivity index (χ3n) is 1.36. The Labute approximate surface area is 57.6 Å². The van der Waals surface area contributed by atoms with E-state index in [4.69, 9.17) is 5.73 Å². The molecule has 9 heavy (non-hydrogen) atoms. The lowest BCUT2D eigenvalue weighted by Gasteiger charge is -2.12. The van der Waals surface area contributed by atoms with Gasteiger partial charge in [0.1, 0.15) is 0 Å². The lowest BCUT2D eigenvalue weighted by atomic mass is 10.1. The van der Waals surface area contributed by atoms with Gasteiger partial charge in [-0.1, -0.05) is 6.08 Å². The van der Waals surface area contributed by atoms with Crippen LogP contribution in [0.5, 0.6) is 0 Å². The number of hydrogen-bond donors (Lipinski definition) is 1. The molecule has 2 N–H and O–H groups in total. The van der Waals surface area contributed by atoms with Crippen molar-refractivity contribution < 1.29 is 4.21 Å². The molecule has 0 aromatic rings. The Bertz CT molecular complexity index is 153. The van der Waals surface area contributed by atoms with Gasteiger partial charge < -0.3 is 5.73 Å². The van der Waals surface area contributed by atoms with Crippen molar-refractivity contribution >= 4 is 10.8 Å². The average Bonchev–Trinajstić information content (AvgIpc) is 1.60. The van der Waals surface area contributed by atoms with Gasteiger partial charge in [0.05, 0.1) is 0 Å². The zero-order valence-electron chi connectivity index (χ0n) is 5.30. The van der Waals surface area contributed by atoms with Crippen molar-refractivity contribution in [2.75, 3.05) is 12.3 Å². The molecule has 3 heteroatoms. The minimum Gasteiger partial charge on any atom is -0.330 e. The van der Waals surface area contributed by atoms with Gasteiger partial charge in [-0.15, -0.1) is 0 Å². The summed E-state index contributed by atoms with van der Waals surface area (Å²) in [6, 6.07) is 0. The standard InChI is InChI=1S/C6H11NOS/c7-4-5-9(8)6-2-1-3-6/h2H,1,3-5,7H2. The highest BCUT2D eigenvalue weighted by Gasteiger charge is 2.11. The first-order chi connectivity index (χ1) is 4.34. The molecule has 52 valence electrons. The van der Waals surface area contributed by atoms with E-state index in [-0.39, 0.29) is 0 Å². The van der Waals surface area contributed by atoms with E-state index in [1.165, 1.54) is 0 Å². The zero-order valence-corrected chi connectivity index (χ0v) is 6.12. The van der Waals surface area contributed by atoms with Gasteiger partial charge in [-0.2, -0.15) is 0 Å². The summed E-state index contributed by atoms with van der Waals surface area (Å²) in [7, 11) is -0.742. The van der Waals surface area contributed by atoms with Crippen LogP contribution in [0.4, 0.5) is 0 Å². The summed E-state index contributed by atoms with van der Waals surface area (Å²) >= 11 is 0. The molecule has 0 amide bonds. The fraction of sp³-hybridized carbons (Fsp3) is 0.667. The van der Waals surface area contributed by atoms with Gasteiger partial charge in [-0.25, -0.2) is 0 Å². The molecule has 0 fully saturated rings. The second-order valence-corrected chi connectivity index (χ2v) is 3.67. The number of nitrogens with two attached hydrogens (primary N) is 1. The molecule has 0 bridgehead atoms. The summed E-state index contributed by atoms with van der Waals surface area (Å²) in [6.07, 6.45) is 4.16. The third kappa shape index (κ3) is 1.63. The third-order valence-corrected chi connectivity index (χ3v) is 2.92. The largest absolute Gasteiger partial charge is 0.330 e. The Morgan fingerprint density at radius 3 is 2.78 bits per heavy atom. The highest BCUT2D eigenvalue weighted by molar-refractivity contribution is 7.89. The maximum Gasteiger partial charge on any atom is 0.0497 e. The molecule has 1 aliphatic carbocycles. The molecule has 0 heterocycles. The van der Waals surface area contributed by atoms with Crippen molar-refractivity contribution in [1.82, 2.24) is 0 Å². The molecule has 0 radical (unpaired) electrons. The molecule has 2 nitrogen and oxygen atoms in total. The van der Waals surface area contributed by atoms with Gasteiger partial charge in [0.2, 0.25) is 0 Å². The average molecular weight is 145 g/mol. The summed E-state index contributed by atoms with van der Waals surface area (Å²) in [5, 5.41) is 0. The minimum atomic E-state index is -0.742. The molecule has 0 spiro atoms. The van der Waals surface area contributed by atoms with Gasteiger partial charge in [-0.3, -0.25) is 4.21 Å². The molecule has 1 rings (SSSR count). The van der Waals surface area contributed by atoms with Crippen LogP contribution in [0, 0.1) is 0 Å². The fourth-order valence-corrected chi connectivity index (χ4v) is 1.83. The first kappa shape index (κ1) is 6.96. The van der Waals surface area contributed by atoms with Crippen LogP contribution in [-0.4, -0.2) is 16.5 Å². The predicted molar refractivity (Wildman–Crippen MR) is 39.4 cm³/mol. The second kappa shape index (κ2) is 3.13. The van der Waals surface area contributed by atoms with E-state index in [0.717, 1.165) is 17.7 Å². The van der Waals surface area contributed by atoms with E-state index in [1.54, 1.807) is 0 Å². The van der Waals surface area contributed by atoms with Crippen molar-refractivity contribution in [3.05, 3.63) is 11.0 Å². The second-order valence-electron chi connectivity index (χ2n) is 2.05. The quantitative estimate of drug-likeness (QED) is 0.623. The topological polar surface area (TPSA) is 43.1 Å².